The first kappa shape index (κ1) is 13.0. The molecule has 1 unspecified atom stereocenters. The molecule has 0 aliphatic carbocycles. The van der Waals surface area contributed by atoms with Gasteiger partial charge in [-0.25, -0.2) is 0 Å². The average Bonchev–Trinajstić information content (AvgIpc) is 2.78. The summed E-state index contributed by atoms with van der Waals surface area (Å²) in [5, 5.41) is 14.2. The maximum atomic E-state index is 5.53. The molecule has 0 fully saturated rings. The van der Waals surface area contributed by atoms with Gasteiger partial charge in [-0.3, -0.25) is 0 Å². The molecule has 1 aromatic heterocycles. The number of anilines is 2. The van der Waals surface area contributed by atoms with E-state index >= 15 is 0 Å². The Bertz CT molecular complexity index is 514. The summed E-state index contributed by atoms with van der Waals surface area (Å²) in [6, 6.07) is 8.22. The van der Waals surface area contributed by atoms with Gasteiger partial charge in [0.1, 0.15) is 0 Å². The third-order valence-electron chi connectivity index (χ3n) is 2.40. The van der Waals surface area contributed by atoms with Crippen LogP contribution >= 0.6 is 15.9 Å². The molecular formula is C12H15BrN4O. The lowest BCUT2D eigenvalue weighted by atomic mass is 10.3. The van der Waals surface area contributed by atoms with Gasteiger partial charge in [0, 0.05) is 10.2 Å². The molecule has 2 N–H and O–H groups in total. The van der Waals surface area contributed by atoms with Crippen LogP contribution in [0.1, 0.15) is 25.8 Å². The quantitative estimate of drug-likeness (QED) is 0.887. The van der Waals surface area contributed by atoms with Crippen LogP contribution in [0.5, 0.6) is 0 Å². The summed E-state index contributed by atoms with van der Waals surface area (Å²) < 4.78 is 6.52. The summed E-state index contributed by atoms with van der Waals surface area (Å²) in [5.41, 5.74) is 0.899. The van der Waals surface area contributed by atoms with Gasteiger partial charge in [-0.2, -0.15) is 0 Å². The summed E-state index contributed by atoms with van der Waals surface area (Å²) in [6.45, 7) is 4.88. The van der Waals surface area contributed by atoms with Gasteiger partial charge in [0.15, 0.2) is 0 Å². The third-order valence-corrected chi connectivity index (χ3v) is 2.89. The number of benzene rings is 1. The molecule has 0 aliphatic rings. The molecule has 0 amide bonds. The first-order valence-electron chi connectivity index (χ1n) is 5.78. The minimum atomic E-state index is 0.0561. The predicted molar refractivity (Wildman–Crippen MR) is 73.8 cm³/mol. The second-order valence-corrected chi connectivity index (χ2v) is 4.78. The fourth-order valence-corrected chi connectivity index (χ4v) is 1.94. The Morgan fingerprint density at radius 2 is 2.22 bits per heavy atom. The zero-order chi connectivity index (χ0) is 13.0. The molecule has 2 aromatic rings. The van der Waals surface area contributed by atoms with Crippen molar-refractivity contribution in [3.8, 4) is 0 Å². The van der Waals surface area contributed by atoms with Crippen molar-refractivity contribution in [3.63, 3.8) is 0 Å². The smallest absolute Gasteiger partial charge is 0.320 e. The normalized spacial score (nSPS) is 12.4. The second kappa shape index (κ2) is 5.97. The highest BCUT2D eigenvalue weighted by atomic mass is 79.9. The van der Waals surface area contributed by atoms with E-state index in [1.54, 1.807) is 0 Å². The van der Waals surface area contributed by atoms with Gasteiger partial charge in [0.2, 0.25) is 5.89 Å². The first-order valence-corrected chi connectivity index (χ1v) is 6.57. The minimum Gasteiger partial charge on any atom is -0.406 e. The Balaban J connectivity index is 2.06. The molecule has 2 rings (SSSR count). The van der Waals surface area contributed by atoms with Crippen LogP contribution in [-0.2, 0) is 0 Å². The summed E-state index contributed by atoms with van der Waals surface area (Å²) in [4.78, 5) is 0. The topological polar surface area (TPSA) is 63.0 Å². The van der Waals surface area contributed by atoms with E-state index < -0.39 is 0 Å². The van der Waals surface area contributed by atoms with Crippen LogP contribution in [-0.4, -0.2) is 16.7 Å². The van der Waals surface area contributed by atoms with Crippen molar-refractivity contribution in [2.24, 2.45) is 0 Å². The van der Waals surface area contributed by atoms with E-state index in [1.165, 1.54) is 0 Å². The lowest BCUT2D eigenvalue weighted by Crippen LogP contribution is -2.17. The monoisotopic (exact) mass is 310 g/mol. The summed E-state index contributed by atoms with van der Waals surface area (Å²) in [5.74, 6) is 0.578. The van der Waals surface area contributed by atoms with E-state index in [4.69, 9.17) is 4.42 Å². The SMILES string of the molecule is CCNC(C)c1nnc(Nc2cccc(Br)c2)o1. The van der Waals surface area contributed by atoms with Crippen molar-refractivity contribution in [2.75, 3.05) is 11.9 Å². The standard InChI is InChI=1S/C12H15BrN4O/c1-3-14-8(2)11-16-17-12(18-11)15-10-6-4-5-9(13)7-10/h4-8,14H,3H2,1-2H3,(H,15,17). The number of halogens is 1. The van der Waals surface area contributed by atoms with E-state index in [9.17, 15) is 0 Å². The van der Waals surface area contributed by atoms with Gasteiger partial charge in [-0.05, 0) is 31.7 Å². The molecule has 0 saturated carbocycles. The number of rotatable bonds is 5. The second-order valence-electron chi connectivity index (χ2n) is 3.86. The van der Waals surface area contributed by atoms with E-state index in [2.05, 4.69) is 36.8 Å². The number of nitrogens with zero attached hydrogens (tertiary/aromatic N) is 2. The predicted octanol–water partition coefficient (Wildman–Crippen LogP) is 3.25. The molecule has 1 atom stereocenters. The number of aromatic nitrogens is 2. The average molecular weight is 311 g/mol. The molecule has 6 heteroatoms. The van der Waals surface area contributed by atoms with Crippen LogP contribution in [0.3, 0.4) is 0 Å². The summed E-state index contributed by atoms with van der Waals surface area (Å²) >= 11 is 3.41. The van der Waals surface area contributed by atoms with Crippen molar-refractivity contribution in [1.82, 2.24) is 15.5 Å². The molecule has 0 saturated heterocycles. The highest BCUT2D eigenvalue weighted by molar-refractivity contribution is 9.10. The van der Waals surface area contributed by atoms with Crippen molar-refractivity contribution in [3.05, 3.63) is 34.6 Å². The summed E-state index contributed by atoms with van der Waals surface area (Å²) in [6.07, 6.45) is 0. The lowest BCUT2D eigenvalue weighted by Gasteiger charge is -2.06. The zero-order valence-corrected chi connectivity index (χ0v) is 11.9. The van der Waals surface area contributed by atoms with Crippen molar-refractivity contribution < 1.29 is 4.42 Å². The molecule has 0 aliphatic heterocycles. The Hall–Kier alpha value is -1.40. The van der Waals surface area contributed by atoms with E-state index in [0.717, 1.165) is 16.7 Å². The number of hydrogen-bond donors (Lipinski definition) is 2. The van der Waals surface area contributed by atoms with Gasteiger partial charge < -0.3 is 15.1 Å². The third kappa shape index (κ3) is 3.30. The van der Waals surface area contributed by atoms with Crippen LogP contribution in [0.15, 0.2) is 33.2 Å². The lowest BCUT2D eigenvalue weighted by molar-refractivity contribution is 0.430. The van der Waals surface area contributed by atoms with Crippen LogP contribution in [0.2, 0.25) is 0 Å². The largest absolute Gasteiger partial charge is 0.406 e. The highest BCUT2D eigenvalue weighted by Gasteiger charge is 2.12. The molecule has 0 spiro atoms. The highest BCUT2D eigenvalue weighted by Crippen LogP contribution is 2.21. The number of hydrogen-bond acceptors (Lipinski definition) is 5. The fourth-order valence-electron chi connectivity index (χ4n) is 1.54. The van der Waals surface area contributed by atoms with Crippen LogP contribution < -0.4 is 10.6 Å². The van der Waals surface area contributed by atoms with Gasteiger partial charge in [-0.15, -0.1) is 5.10 Å². The molecule has 18 heavy (non-hydrogen) atoms. The van der Waals surface area contributed by atoms with Crippen LogP contribution in [0.4, 0.5) is 11.7 Å². The fraction of sp³-hybridized carbons (Fsp3) is 0.333. The van der Waals surface area contributed by atoms with Crippen molar-refractivity contribution in [2.45, 2.75) is 19.9 Å². The van der Waals surface area contributed by atoms with E-state index in [1.807, 2.05) is 38.1 Å². The maximum Gasteiger partial charge on any atom is 0.320 e. The van der Waals surface area contributed by atoms with Crippen LogP contribution in [0.25, 0.3) is 0 Å². The first-order chi connectivity index (χ1) is 8.69. The van der Waals surface area contributed by atoms with E-state index in [0.29, 0.717) is 11.9 Å². The van der Waals surface area contributed by atoms with Crippen molar-refractivity contribution >= 4 is 27.6 Å². The zero-order valence-electron chi connectivity index (χ0n) is 10.3. The number of nitrogens with one attached hydrogen (secondary N) is 2. The molecular weight excluding hydrogens is 296 g/mol. The Morgan fingerprint density at radius 1 is 1.39 bits per heavy atom. The molecule has 96 valence electrons. The molecule has 0 bridgehead atoms. The molecule has 0 radical (unpaired) electrons. The Labute approximate surface area is 114 Å². The Morgan fingerprint density at radius 3 is 2.94 bits per heavy atom. The van der Waals surface area contributed by atoms with Gasteiger partial charge in [-0.1, -0.05) is 34.0 Å². The molecule has 5 nitrogen and oxygen atoms in total. The summed E-state index contributed by atoms with van der Waals surface area (Å²) in [7, 11) is 0. The van der Waals surface area contributed by atoms with Crippen molar-refractivity contribution in [1.29, 1.82) is 0 Å². The van der Waals surface area contributed by atoms with Crippen LogP contribution in [0, 0.1) is 0 Å². The van der Waals surface area contributed by atoms with Gasteiger partial charge >= 0.3 is 6.01 Å². The minimum absolute atomic E-state index is 0.0561. The van der Waals surface area contributed by atoms with E-state index in [-0.39, 0.29) is 6.04 Å². The van der Waals surface area contributed by atoms with Gasteiger partial charge in [0.25, 0.3) is 0 Å². The maximum absolute atomic E-state index is 5.53. The Kier molecular flexibility index (Phi) is 4.33. The molecule has 1 aromatic carbocycles. The van der Waals surface area contributed by atoms with Gasteiger partial charge in [0.05, 0.1) is 6.04 Å². The molecule has 1 heterocycles.